The van der Waals surface area contributed by atoms with Gasteiger partial charge in [0.1, 0.15) is 5.82 Å². The van der Waals surface area contributed by atoms with Gasteiger partial charge >= 0.3 is 0 Å². The molecule has 0 unspecified atom stereocenters. The summed E-state index contributed by atoms with van der Waals surface area (Å²) in [6.45, 7) is 1.88. The molecule has 3 rings (SSSR count). The number of hydrogen-bond donors (Lipinski definition) is 1. The van der Waals surface area contributed by atoms with Crippen LogP contribution in [0.3, 0.4) is 0 Å². The second kappa shape index (κ2) is 5.55. The lowest BCUT2D eigenvalue weighted by Gasteiger charge is -2.34. The van der Waals surface area contributed by atoms with Crippen LogP contribution in [0, 0.1) is 5.92 Å². The molecule has 0 atom stereocenters. The zero-order valence-corrected chi connectivity index (χ0v) is 11.1. The molecule has 0 radical (unpaired) electrons. The lowest BCUT2D eigenvalue weighted by molar-refractivity contribution is -0.128. The van der Waals surface area contributed by atoms with E-state index in [4.69, 9.17) is 0 Å². The van der Waals surface area contributed by atoms with E-state index < -0.39 is 0 Å². The number of carbonyl (C=O) groups excluding carboxylic acids is 1. The summed E-state index contributed by atoms with van der Waals surface area (Å²) < 4.78 is 0. The lowest BCUT2D eigenvalue weighted by Crippen LogP contribution is -2.47. The molecule has 1 saturated heterocycles. The molecular weight excluding hydrogens is 240 g/mol. The summed E-state index contributed by atoms with van der Waals surface area (Å²) in [7, 11) is 0. The second-order valence-electron chi connectivity index (χ2n) is 5.46. The molecule has 5 nitrogen and oxygen atoms in total. The molecule has 0 aromatic carbocycles. The van der Waals surface area contributed by atoms with Crippen LogP contribution in [0.2, 0.25) is 0 Å². The van der Waals surface area contributed by atoms with Crippen molar-refractivity contribution in [3.05, 3.63) is 18.6 Å². The Morgan fingerprint density at radius 1 is 1.21 bits per heavy atom. The van der Waals surface area contributed by atoms with E-state index in [0.29, 0.717) is 6.04 Å². The molecule has 1 amide bonds. The van der Waals surface area contributed by atoms with Gasteiger partial charge in [0.2, 0.25) is 5.91 Å². The van der Waals surface area contributed by atoms with Crippen LogP contribution in [0.15, 0.2) is 18.6 Å². The van der Waals surface area contributed by atoms with Crippen LogP contribution in [0.1, 0.15) is 32.1 Å². The number of nitrogens with one attached hydrogen (secondary N) is 1. The largest absolute Gasteiger partial charge is 0.355 e. The molecule has 19 heavy (non-hydrogen) atoms. The van der Waals surface area contributed by atoms with E-state index in [2.05, 4.69) is 20.2 Å². The highest BCUT2D eigenvalue weighted by Gasteiger charge is 2.28. The smallest absolute Gasteiger partial charge is 0.223 e. The van der Waals surface area contributed by atoms with Gasteiger partial charge in [-0.2, -0.15) is 0 Å². The Balaban J connectivity index is 1.48. The Morgan fingerprint density at radius 2 is 2.00 bits per heavy atom. The molecule has 2 heterocycles. The van der Waals surface area contributed by atoms with E-state index in [-0.39, 0.29) is 11.8 Å². The highest BCUT2D eigenvalue weighted by molar-refractivity contribution is 5.79. The summed E-state index contributed by atoms with van der Waals surface area (Å²) in [5.74, 6) is 1.49. The number of aromatic nitrogens is 2. The number of amides is 1. The molecule has 2 aliphatic rings. The average Bonchev–Trinajstić information content (AvgIpc) is 2.38. The molecule has 1 aliphatic heterocycles. The highest BCUT2D eigenvalue weighted by Crippen LogP contribution is 2.27. The third kappa shape index (κ3) is 2.85. The monoisotopic (exact) mass is 260 g/mol. The number of rotatable bonds is 3. The number of piperidine rings is 1. The van der Waals surface area contributed by atoms with Crippen molar-refractivity contribution < 1.29 is 4.79 Å². The first-order valence-electron chi connectivity index (χ1n) is 7.14. The van der Waals surface area contributed by atoms with Crippen molar-refractivity contribution in [3.63, 3.8) is 0 Å². The van der Waals surface area contributed by atoms with Gasteiger partial charge < -0.3 is 10.2 Å². The quantitative estimate of drug-likeness (QED) is 0.891. The fourth-order valence-corrected chi connectivity index (χ4v) is 2.70. The van der Waals surface area contributed by atoms with Crippen molar-refractivity contribution in [1.82, 2.24) is 15.3 Å². The molecule has 5 heteroatoms. The Labute approximate surface area is 113 Å². The van der Waals surface area contributed by atoms with Gasteiger partial charge in [-0.1, -0.05) is 6.42 Å². The summed E-state index contributed by atoms with van der Waals surface area (Å²) in [6.07, 6.45) is 10.6. The van der Waals surface area contributed by atoms with Crippen LogP contribution in [0.4, 0.5) is 5.82 Å². The minimum absolute atomic E-state index is 0.268. The number of nitrogens with zero attached hydrogens (tertiary/aromatic N) is 3. The van der Waals surface area contributed by atoms with Crippen molar-refractivity contribution in [3.8, 4) is 0 Å². The Kier molecular flexibility index (Phi) is 3.62. The SMILES string of the molecule is O=C(NC1CCN(c2cnccn2)CC1)C1CCC1. The van der Waals surface area contributed by atoms with E-state index in [0.717, 1.165) is 44.6 Å². The number of carbonyl (C=O) groups is 1. The van der Waals surface area contributed by atoms with E-state index in [9.17, 15) is 4.79 Å². The van der Waals surface area contributed by atoms with Crippen molar-refractivity contribution in [1.29, 1.82) is 0 Å². The van der Waals surface area contributed by atoms with Crippen LogP contribution in [0.25, 0.3) is 0 Å². The van der Waals surface area contributed by atoms with Crippen molar-refractivity contribution in [2.75, 3.05) is 18.0 Å². The van der Waals surface area contributed by atoms with Crippen molar-refractivity contribution in [2.45, 2.75) is 38.1 Å². The zero-order chi connectivity index (χ0) is 13.1. The van der Waals surface area contributed by atoms with Crippen LogP contribution in [-0.2, 0) is 4.79 Å². The summed E-state index contributed by atoms with van der Waals surface area (Å²) in [6, 6.07) is 0.334. The predicted octanol–water partition coefficient (Wildman–Crippen LogP) is 1.36. The highest BCUT2D eigenvalue weighted by atomic mass is 16.2. The molecule has 1 saturated carbocycles. The topological polar surface area (TPSA) is 58.1 Å². The fraction of sp³-hybridized carbons (Fsp3) is 0.643. The molecule has 0 spiro atoms. The van der Waals surface area contributed by atoms with Crippen LogP contribution in [-0.4, -0.2) is 35.0 Å². The predicted molar refractivity (Wildman–Crippen MR) is 72.8 cm³/mol. The van der Waals surface area contributed by atoms with Gasteiger partial charge in [-0.25, -0.2) is 4.98 Å². The molecule has 1 aliphatic carbocycles. The minimum Gasteiger partial charge on any atom is -0.355 e. The standard InChI is InChI=1S/C14H20N4O/c19-14(11-2-1-3-11)17-12-4-8-18(9-5-12)13-10-15-6-7-16-13/h6-7,10-12H,1-5,8-9H2,(H,17,19). The normalized spacial score (nSPS) is 20.9. The maximum absolute atomic E-state index is 11.9. The first-order valence-corrected chi connectivity index (χ1v) is 7.14. The third-order valence-corrected chi connectivity index (χ3v) is 4.19. The summed E-state index contributed by atoms with van der Waals surface area (Å²) in [4.78, 5) is 22.5. The van der Waals surface area contributed by atoms with E-state index in [1.165, 1.54) is 6.42 Å². The van der Waals surface area contributed by atoms with Gasteiger partial charge in [-0.15, -0.1) is 0 Å². The first-order chi connectivity index (χ1) is 9.33. The van der Waals surface area contributed by atoms with Crippen LogP contribution >= 0.6 is 0 Å². The van der Waals surface area contributed by atoms with Gasteiger partial charge in [-0.3, -0.25) is 9.78 Å². The number of hydrogen-bond acceptors (Lipinski definition) is 4. The molecule has 2 fully saturated rings. The van der Waals surface area contributed by atoms with E-state index in [1.807, 2.05) is 0 Å². The third-order valence-electron chi connectivity index (χ3n) is 4.19. The average molecular weight is 260 g/mol. The van der Waals surface area contributed by atoms with Crippen molar-refractivity contribution >= 4 is 11.7 Å². The van der Waals surface area contributed by atoms with Crippen LogP contribution in [0.5, 0.6) is 0 Å². The Bertz CT molecular complexity index is 424. The molecule has 1 aromatic heterocycles. The van der Waals surface area contributed by atoms with Gasteiger partial charge in [0.05, 0.1) is 6.20 Å². The lowest BCUT2D eigenvalue weighted by atomic mass is 9.84. The van der Waals surface area contributed by atoms with E-state index >= 15 is 0 Å². The maximum Gasteiger partial charge on any atom is 0.223 e. The van der Waals surface area contributed by atoms with E-state index in [1.54, 1.807) is 18.6 Å². The van der Waals surface area contributed by atoms with Crippen LogP contribution < -0.4 is 10.2 Å². The van der Waals surface area contributed by atoms with Gasteiger partial charge in [0, 0.05) is 37.4 Å². The second-order valence-corrected chi connectivity index (χ2v) is 5.46. The summed E-state index contributed by atoms with van der Waals surface area (Å²) in [5.41, 5.74) is 0. The molecule has 0 bridgehead atoms. The molecule has 102 valence electrons. The van der Waals surface area contributed by atoms with Gasteiger partial charge in [0.25, 0.3) is 0 Å². The Hall–Kier alpha value is -1.65. The Morgan fingerprint density at radius 3 is 2.58 bits per heavy atom. The van der Waals surface area contributed by atoms with Crippen molar-refractivity contribution in [2.24, 2.45) is 5.92 Å². The first kappa shape index (κ1) is 12.4. The van der Waals surface area contributed by atoms with Gasteiger partial charge in [-0.05, 0) is 25.7 Å². The maximum atomic E-state index is 11.9. The zero-order valence-electron chi connectivity index (χ0n) is 11.1. The minimum atomic E-state index is 0.268. The molecule has 1 N–H and O–H groups in total. The summed E-state index contributed by atoms with van der Waals surface area (Å²) >= 11 is 0. The number of anilines is 1. The summed E-state index contributed by atoms with van der Waals surface area (Å²) in [5, 5.41) is 3.19. The molecular formula is C14H20N4O. The molecule has 1 aromatic rings. The fourth-order valence-electron chi connectivity index (χ4n) is 2.70. The van der Waals surface area contributed by atoms with Gasteiger partial charge in [0.15, 0.2) is 0 Å².